The lowest BCUT2D eigenvalue weighted by Gasteiger charge is -2.29. The van der Waals surface area contributed by atoms with E-state index < -0.39 is 10.1 Å². The number of methoxy groups -OCH3 is 1. The molecule has 0 bridgehead atoms. The normalized spacial score (nSPS) is 12.9. The smallest absolute Gasteiger partial charge is 0.264 e. The van der Waals surface area contributed by atoms with E-state index in [1.165, 1.54) is 0 Å². The Kier molecular flexibility index (Phi) is 8.71. The van der Waals surface area contributed by atoms with Crippen molar-refractivity contribution in [2.75, 3.05) is 59.9 Å². The molecule has 0 atom stereocenters. The quantitative estimate of drug-likeness (QED) is 0.338. The zero-order valence-electron chi connectivity index (χ0n) is 11.6. The van der Waals surface area contributed by atoms with Crippen molar-refractivity contribution in [2.24, 2.45) is 0 Å². The standard InChI is InChI=1S/C11H25NO5S/c1-12(2,7-8-17-10-9-16-3)6-4-5-11-18(13,14)15/h4-11H2,1-3H3/p+1. The Balaban J connectivity index is 3.60. The van der Waals surface area contributed by atoms with E-state index in [-0.39, 0.29) is 5.75 Å². The van der Waals surface area contributed by atoms with Crippen LogP contribution in [0.3, 0.4) is 0 Å². The minimum absolute atomic E-state index is 0.155. The number of hydrogen-bond acceptors (Lipinski definition) is 4. The fourth-order valence-electron chi connectivity index (χ4n) is 1.49. The van der Waals surface area contributed by atoms with Gasteiger partial charge in [-0.1, -0.05) is 0 Å². The zero-order valence-corrected chi connectivity index (χ0v) is 12.4. The highest BCUT2D eigenvalue weighted by molar-refractivity contribution is 7.85. The average molecular weight is 284 g/mol. The molecule has 1 N–H and O–H groups in total. The van der Waals surface area contributed by atoms with Crippen LogP contribution in [-0.4, -0.2) is 77.3 Å². The van der Waals surface area contributed by atoms with Gasteiger partial charge in [-0.3, -0.25) is 4.55 Å². The predicted octanol–water partition coefficient (Wildman–Crippen LogP) is 0.394. The monoisotopic (exact) mass is 284 g/mol. The molecule has 6 nitrogen and oxygen atoms in total. The molecule has 0 saturated carbocycles. The number of hydrogen-bond donors (Lipinski definition) is 1. The first-order valence-corrected chi connectivity index (χ1v) is 7.71. The predicted molar refractivity (Wildman–Crippen MR) is 70.2 cm³/mol. The molecular weight excluding hydrogens is 258 g/mol. The maximum absolute atomic E-state index is 10.5. The van der Waals surface area contributed by atoms with Crippen molar-refractivity contribution in [1.29, 1.82) is 0 Å². The maximum Gasteiger partial charge on any atom is 0.264 e. The van der Waals surface area contributed by atoms with Gasteiger partial charge >= 0.3 is 0 Å². The molecule has 0 rings (SSSR count). The van der Waals surface area contributed by atoms with E-state index >= 15 is 0 Å². The molecule has 110 valence electrons. The topological polar surface area (TPSA) is 72.8 Å². The van der Waals surface area contributed by atoms with Crippen LogP contribution in [0.1, 0.15) is 12.8 Å². The molecule has 0 heterocycles. The van der Waals surface area contributed by atoms with Crippen LogP contribution >= 0.6 is 0 Å². The molecule has 0 fully saturated rings. The Morgan fingerprint density at radius 2 is 1.72 bits per heavy atom. The van der Waals surface area contributed by atoms with E-state index in [9.17, 15) is 8.42 Å². The largest absolute Gasteiger partial charge is 0.382 e. The fourth-order valence-corrected chi connectivity index (χ4v) is 2.06. The van der Waals surface area contributed by atoms with Gasteiger partial charge in [0.25, 0.3) is 10.1 Å². The number of quaternary nitrogens is 1. The zero-order chi connectivity index (χ0) is 14.1. The van der Waals surface area contributed by atoms with Crippen LogP contribution < -0.4 is 0 Å². The van der Waals surface area contributed by atoms with Crippen LogP contribution in [0.4, 0.5) is 0 Å². The van der Waals surface area contributed by atoms with Crippen LogP contribution in [0.5, 0.6) is 0 Å². The molecule has 0 aromatic rings. The van der Waals surface area contributed by atoms with Crippen molar-refractivity contribution in [3.63, 3.8) is 0 Å². The molecule has 0 radical (unpaired) electrons. The second kappa shape index (κ2) is 8.82. The van der Waals surface area contributed by atoms with Gasteiger partial charge in [-0.05, 0) is 12.8 Å². The van der Waals surface area contributed by atoms with Gasteiger partial charge in [0.05, 0.1) is 46.2 Å². The van der Waals surface area contributed by atoms with Gasteiger partial charge in [0, 0.05) is 7.11 Å². The Bertz CT molecular complexity index is 303. The highest BCUT2D eigenvalue weighted by Crippen LogP contribution is 2.03. The van der Waals surface area contributed by atoms with E-state index in [2.05, 4.69) is 14.1 Å². The van der Waals surface area contributed by atoms with Gasteiger partial charge in [-0.25, -0.2) is 0 Å². The lowest BCUT2D eigenvalue weighted by atomic mass is 10.3. The summed E-state index contributed by atoms with van der Waals surface area (Å²) < 4.78 is 40.7. The number of ether oxygens (including phenoxy) is 2. The van der Waals surface area contributed by atoms with Crippen molar-refractivity contribution >= 4 is 10.1 Å². The summed E-state index contributed by atoms with van der Waals surface area (Å²) in [6.07, 6.45) is 1.26. The molecule has 0 aromatic carbocycles. The number of rotatable bonds is 11. The van der Waals surface area contributed by atoms with Crippen molar-refractivity contribution in [2.45, 2.75) is 12.8 Å². The lowest BCUT2D eigenvalue weighted by molar-refractivity contribution is -0.890. The van der Waals surface area contributed by atoms with E-state index in [4.69, 9.17) is 14.0 Å². The Morgan fingerprint density at radius 3 is 2.28 bits per heavy atom. The highest BCUT2D eigenvalue weighted by Gasteiger charge is 2.15. The summed E-state index contributed by atoms with van der Waals surface area (Å²) in [7, 11) is 1.98. The molecule has 0 aliphatic carbocycles. The highest BCUT2D eigenvalue weighted by atomic mass is 32.2. The van der Waals surface area contributed by atoms with Gasteiger partial charge in [0.2, 0.25) is 0 Å². The minimum Gasteiger partial charge on any atom is -0.382 e. The molecule has 7 heteroatoms. The van der Waals surface area contributed by atoms with Gasteiger partial charge in [0.1, 0.15) is 6.54 Å². The molecular formula is C11H26NO5S+. The van der Waals surface area contributed by atoms with E-state index in [0.717, 1.165) is 24.0 Å². The summed E-state index contributed by atoms with van der Waals surface area (Å²) in [6.45, 7) is 3.59. The van der Waals surface area contributed by atoms with E-state index in [1.54, 1.807) is 7.11 Å². The molecule has 0 aliphatic heterocycles. The van der Waals surface area contributed by atoms with Crippen molar-refractivity contribution in [1.82, 2.24) is 0 Å². The number of likely N-dealkylation sites (N-methyl/N-ethyl adjacent to an activating group) is 1. The summed E-state index contributed by atoms with van der Waals surface area (Å²) >= 11 is 0. The summed E-state index contributed by atoms with van der Waals surface area (Å²) in [6, 6.07) is 0. The molecule has 0 aromatic heterocycles. The summed E-state index contributed by atoms with van der Waals surface area (Å²) in [5.41, 5.74) is 0. The molecule has 0 unspecified atom stereocenters. The van der Waals surface area contributed by atoms with Crippen LogP contribution in [-0.2, 0) is 19.6 Å². The van der Waals surface area contributed by atoms with Gasteiger partial charge < -0.3 is 14.0 Å². The lowest BCUT2D eigenvalue weighted by Crippen LogP contribution is -2.43. The summed E-state index contributed by atoms with van der Waals surface area (Å²) in [4.78, 5) is 0. The number of unbranched alkanes of at least 4 members (excludes halogenated alkanes) is 1. The Morgan fingerprint density at radius 1 is 1.06 bits per heavy atom. The van der Waals surface area contributed by atoms with E-state index in [1.807, 2.05) is 0 Å². The first-order valence-electron chi connectivity index (χ1n) is 6.11. The molecule has 18 heavy (non-hydrogen) atoms. The molecule has 0 spiro atoms. The second-order valence-corrected chi connectivity index (χ2v) is 6.55. The molecule has 0 amide bonds. The first-order chi connectivity index (χ1) is 8.27. The van der Waals surface area contributed by atoms with Crippen molar-refractivity contribution < 1.29 is 26.9 Å². The van der Waals surface area contributed by atoms with Gasteiger partial charge in [0.15, 0.2) is 0 Å². The van der Waals surface area contributed by atoms with Crippen LogP contribution in [0.15, 0.2) is 0 Å². The maximum atomic E-state index is 10.5. The molecule has 0 saturated heterocycles. The molecule has 0 aliphatic rings. The van der Waals surface area contributed by atoms with Crippen LogP contribution in [0.25, 0.3) is 0 Å². The summed E-state index contributed by atoms with van der Waals surface area (Å²) in [5.74, 6) is -0.155. The third-order valence-electron chi connectivity index (χ3n) is 2.69. The minimum atomic E-state index is -3.81. The van der Waals surface area contributed by atoms with Crippen molar-refractivity contribution in [3.05, 3.63) is 0 Å². The van der Waals surface area contributed by atoms with Crippen LogP contribution in [0, 0.1) is 0 Å². The van der Waals surface area contributed by atoms with Gasteiger partial charge in [-0.15, -0.1) is 0 Å². The SMILES string of the molecule is COCCOCC[N+](C)(C)CCCCS(=O)(=O)O. The van der Waals surface area contributed by atoms with E-state index in [0.29, 0.717) is 26.2 Å². The van der Waals surface area contributed by atoms with Gasteiger partial charge in [-0.2, -0.15) is 8.42 Å². The van der Waals surface area contributed by atoms with Crippen LogP contribution in [0.2, 0.25) is 0 Å². The fraction of sp³-hybridized carbons (Fsp3) is 1.00. The second-order valence-electron chi connectivity index (χ2n) is 4.98. The Labute approximate surface area is 110 Å². The summed E-state index contributed by atoms with van der Waals surface area (Å²) in [5, 5.41) is 0. The van der Waals surface area contributed by atoms with Crippen molar-refractivity contribution in [3.8, 4) is 0 Å². The third-order valence-corrected chi connectivity index (χ3v) is 3.49. The number of nitrogens with zero attached hydrogens (tertiary/aromatic N) is 1. The third kappa shape index (κ3) is 12.3. The first kappa shape index (κ1) is 17.8. The Hall–Kier alpha value is -0.210. The average Bonchev–Trinajstić information content (AvgIpc) is 2.23.